The number of piperazine rings is 1. The summed E-state index contributed by atoms with van der Waals surface area (Å²) in [4.78, 5) is 6.62. The van der Waals surface area contributed by atoms with Gasteiger partial charge in [0.05, 0.1) is 19.3 Å². The molecular weight excluding hydrogens is 278 g/mol. The molecule has 118 valence electrons. The predicted octanol–water partition coefficient (Wildman–Crippen LogP) is 1.07. The standard InChI is InChI=1S/C16H23N5O/c1-22-9-8-21-13-14(10-19-21)12-20-7-6-18-11-16(20)15-2-4-17-5-3-15/h2-5,10,13,16,18H,6-9,11-12H2,1H3. The number of methoxy groups -OCH3 is 1. The van der Waals surface area contributed by atoms with E-state index in [2.05, 4.69) is 38.6 Å². The largest absolute Gasteiger partial charge is 0.383 e. The van der Waals surface area contributed by atoms with Gasteiger partial charge in [-0.1, -0.05) is 0 Å². The van der Waals surface area contributed by atoms with Gasteiger partial charge < -0.3 is 10.1 Å². The summed E-state index contributed by atoms with van der Waals surface area (Å²) >= 11 is 0. The molecule has 3 rings (SSSR count). The van der Waals surface area contributed by atoms with E-state index >= 15 is 0 Å². The maximum atomic E-state index is 5.09. The molecule has 2 aromatic rings. The first kappa shape index (κ1) is 15.1. The molecule has 1 aliphatic heterocycles. The van der Waals surface area contributed by atoms with E-state index in [1.807, 2.05) is 23.3 Å². The summed E-state index contributed by atoms with van der Waals surface area (Å²) in [6.07, 6.45) is 7.81. The van der Waals surface area contributed by atoms with E-state index < -0.39 is 0 Å². The minimum absolute atomic E-state index is 0.388. The molecule has 1 unspecified atom stereocenters. The molecule has 6 nitrogen and oxygen atoms in total. The molecule has 2 aromatic heterocycles. The van der Waals surface area contributed by atoms with Crippen LogP contribution < -0.4 is 5.32 Å². The second-order valence-electron chi connectivity index (χ2n) is 5.58. The quantitative estimate of drug-likeness (QED) is 0.865. The monoisotopic (exact) mass is 301 g/mol. The molecule has 1 atom stereocenters. The molecule has 1 N–H and O–H groups in total. The van der Waals surface area contributed by atoms with Gasteiger partial charge in [-0.15, -0.1) is 0 Å². The van der Waals surface area contributed by atoms with Crippen LogP contribution in [0.5, 0.6) is 0 Å². The molecule has 0 aliphatic carbocycles. The highest BCUT2D eigenvalue weighted by atomic mass is 16.5. The van der Waals surface area contributed by atoms with Crippen LogP contribution >= 0.6 is 0 Å². The van der Waals surface area contributed by atoms with Gasteiger partial charge in [0, 0.05) is 63.5 Å². The molecule has 0 spiro atoms. The molecule has 6 heteroatoms. The molecule has 0 amide bonds. The summed E-state index contributed by atoms with van der Waals surface area (Å²) in [5.74, 6) is 0. The summed E-state index contributed by atoms with van der Waals surface area (Å²) in [5, 5.41) is 7.88. The zero-order valence-electron chi connectivity index (χ0n) is 13.0. The van der Waals surface area contributed by atoms with Gasteiger partial charge in [0.1, 0.15) is 0 Å². The van der Waals surface area contributed by atoms with Gasteiger partial charge in [-0.25, -0.2) is 0 Å². The fourth-order valence-corrected chi connectivity index (χ4v) is 2.88. The summed E-state index contributed by atoms with van der Waals surface area (Å²) in [6.45, 7) is 5.44. The minimum atomic E-state index is 0.388. The number of ether oxygens (including phenoxy) is 1. The fourth-order valence-electron chi connectivity index (χ4n) is 2.88. The van der Waals surface area contributed by atoms with E-state index in [-0.39, 0.29) is 0 Å². The third-order valence-electron chi connectivity index (χ3n) is 4.04. The van der Waals surface area contributed by atoms with Crippen molar-refractivity contribution < 1.29 is 4.74 Å². The molecule has 1 saturated heterocycles. The lowest BCUT2D eigenvalue weighted by Crippen LogP contribution is -2.45. The highest BCUT2D eigenvalue weighted by molar-refractivity contribution is 5.17. The third kappa shape index (κ3) is 3.71. The van der Waals surface area contributed by atoms with Gasteiger partial charge in [-0.05, 0) is 17.7 Å². The van der Waals surface area contributed by atoms with Crippen LogP contribution in [0.2, 0.25) is 0 Å². The topological polar surface area (TPSA) is 55.2 Å². The molecule has 3 heterocycles. The Hall–Kier alpha value is -1.76. The number of rotatable bonds is 6. The van der Waals surface area contributed by atoms with E-state index in [0.29, 0.717) is 12.6 Å². The highest BCUT2D eigenvalue weighted by Gasteiger charge is 2.23. The van der Waals surface area contributed by atoms with Gasteiger partial charge >= 0.3 is 0 Å². The second-order valence-corrected chi connectivity index (χ2v) is 5.58. The Bertz CT molecular complexity index is 571. The maximum Gasteiger partial charge on any atom is 0.0658 e. The van der Waals surface area contributed by atoms with Gasteiger partial charge in [-0.3, -0.25) is 14.6 Å². The second kappa shape index (κ2) is 7.49. The first-order chi connectivity index (χ1) is 10.9. The van der Waals surface area contributed by atoms with E-state index in [1.54, 1.807) is 7.11 Å². The van der Waals surface area contributed by atoms with Crippen LogP contribution in [0.15, 0.2) is 36.9 Å². The van der Waals surface area contributed by atoms with Crippen LogP contribution in [0.25, 0.3) is 0 Å². The van der Waals surface area contributed by atoms with Crippen molar-refractivity contribution in [1.82, 2.24) is 25.0 Å². The van der Waals surface area contributed by atoms with Crippen molar-refractivity contribution in [3.05, 3.63) is 48.0 Å². The molecular formula is C16H23N5O. The lowest BCUT2D eigenvalue weighted by molar-refractivity contribution is 0.153. The van der Waals surface area contributed by atoms with Crippen LogP contribution in [0, 0.1) is 0 Å². The molecule has 1 fully saturated rings. The number of aromatic nitrogens is 3. The van der Waals surface area contributed by atoms with E-state index in [9.17, 15) is 0 Å². The first-order valence-corrected chi connectivity index (χ1v) is 7.72. The summed E-state index contributed by atoms with van der Waals surface area (Å²) in [5.41, 5.74) is 2.56. The lowest BCUT2D eigenvalue weighted by atomic mass is 10.0. The Morgan fingerprint density at radius 3 is 3.05 bits per heavy atom. The number of nitrogens with zero attached hydrogens (tertiary/aromatic N) is 4. The van der Waals surface area contributed by atoms with Crippen LogP contribution in [0.3, 0.4) is 0 Å². The van der Waals surface area contributed by atoms with Crippen LogP contribution in [0.4, 0.5) is 0 Å². The first-order valence-electron chi connectivity index (χ1n) is 7.72. The molecule has 1 aliphatic rings. The lowest BCUT2D eigenvalue weighted by Gasteiger charge is -2.36. The van der Waals surface area contributed by atoms with Gasteiger partial charge in [-0.2, -0.15) is 5.10 Å². The summed E-state index contributed by atoms with van der Waals surface area (Å²) in [7, 11) is 1.71. The molecule has 0 bridgehead atoms. The van der Waals surface area contributed by atoms with E-state index in [1.165, 1.54) is 11.1 Å². The highest BCUT2D eigenvalue weighted by Crippen LogP contribution is 2.23. The maximum absolute atomic E-state index is 5.09. The van der Waals surface area contributed by atoms with Gasteiger partial charge in [0.2, 0.25) is 0 Å². The molecule has 22 heavy (non-hydrogen) atoms. The van der Waals surface area contributed by atoms with Crippen molar-refractivity contribution >= 4 is 0 Å². The van der Waals surface area contributed by atoms with Crippen molar-refractivity contribution in [1.29, 1.82) is 0 Å². The van der Waals surface area contributed by atoms with E-state index in [4.69, 9.17) is 4.74 Å². The zero-order chi connectivity index (χ0) is 15.2. The Labute approximate surface area is 131 Å². The zero-order valence-corrected chi connectivity index (χ0v) is 13.0. The predicted molar refractivity (Wildman–Crippen MR) is 84.4 cm³/mol. The smallest absolute Gasteiger partial charge is 0.0658 e. The van der Waals surface area contributed by atoms with Crippen molar-refractivity contribution in [3.8, 4) is 0 Å². The Kier molecular flexibility index (Phi) is 5.15. The Balaban J connectivity index is 1.67. The number of hydrogen-bond donors (Lipinski definition) is 1. The van der Waals surface area contributed by atoms with Crippen molar-refractivity contribution in [2.45, 2.75) is 19.1 Å². The van der Waals surface area contributed by atoms with Crippen LogP contribution in [0.1, 0.15) is 17.2 Å². The number of pyridine rings is 1. The van der Waals surface area contributed by atoms with Crippen molar-refractivity contribution in [3.63, 3.8) is 0 Å². The molecule has 0 radical (unpaired) electrons. The summed E-state index contributed by atoms with van der Waals surface area (Å²) < 4.78 is 7.04. The molecule has 0 aromatic carbocycles. The molecule has 0 saturated carbocycles. The van der Waals surface area contributed by atoms with Crippen molar-refractivity contribution in [2.75, 3.05) is 33.4 Å². The van der Waals surface area contributed by atoms with Crippen molar-refractivity contribution in [2.24, 2.45) is 0 Å². The van der Waals surface area contributed by atoms with Gasteiger partial charge in [0.25, 0.3) is 0 Å². The van der Waals surface area contributed by atoms with Gasteiger partial charge in [0.15, 0.2) is 0 Å². The average molecular weight is 301 g/mol. The Morgan fingerprint density at radius 2 is 2.23 bits per heavy atom. The van der Waals surface area contributed by atoms with Crippen LogP contribution in [-0.2, 0) is 17.8 Å². The number of nitrogens with one attached hydrogen (secondary N) is 1. The SMILES string of the molecule is COCCn1cc(CN2CCNCC2c2ccncc2)cn1. The summed E-state index contributed by atoms with van der Waals surface area (Å²) in [6, 6.07) is 4.60. The minimum Gasteiger partial charge on any atom is -0.383 e. The average Bonchev–Trinajstić information content (AvgIpc) is 3.02. The fraction of sp³-hybridized carbons (Fsp3) is 0.500. The third-order valence-corrected chi connectivity index (χ3v) is 4.04. The Morgan fingerprint density at radius 1 is 1.36 bits per heavy atom. The van der Waals surface area contributed by atoms with E-state index in [0.717, 1.165) is 32.7 Å². The number of hydrogen-bond acceptors (Lipinski definition) is 5. The normalized spacial score (nSPS) is 19.4. The van der Waals surface area contributed by atoms with Crippen LogP contribution in [-0.4, -0.2) is 53.0 Å².